The number of hydrogen-bond donors (Lipinski definition) is 0. The number of carbonyl (C=O) groups is 1. The Balaban J connectivity index is 0.00000450. The minimum atomic E-state index is -0.133. The van der Waals surface area contributed by atoms with Gasteiger partial charge >= 0.3 is 18.9 Å². The summed E-state index contributed by atoms with van der Waals surface area (Å²) in [6.45, 7) is 8.19. The summed E-state index contributed by atoms with van der Waals surface area (Å²) in [5, 5.41) is 0.833. The second-order valence-corrected chi connectivity index (χ2v) is 8.07. The van der Waals surface area contributed by atoms with Crippen molar-refractivity contribution in [2.75, 3.05) is 14.2 Å². The van der Waals surface area contributed by atoms with Crippen LogP contribution >= 0.6 is 8.58 Å². The second-order valence-electron chi connectivity index (χ2n) is 6.82. The Morgan fingerprint density at radius 3 is 2.00 bits per heavy atom. The van der Waals surface area contributed by atoms with E-state index in [4.69, 9.17) is 18.9 Å². The molecule has 2 aromatic carbocycles. The van der Waals surface area contributed by atoms with Crippen LogP contribution in [0.25, 0.3) is 0 Å². The summed E-state index contributed by atoms with van der Waals surface area (Å²) < 4.78 is 22.8. The Morgan fingerprint density at radius 1 is 0.900 bits per heavy atom. The summed E-state index contributed by atoms with van der Waals surface area (Å²) in [6, 6.07) is 11.0. The largest absolute Gasteiger partial charge is 1.00 e. The molecular weight excluding hydrogens is 394 g/mol. The van der Waals surface area contributed by atoms with Gasteiger partial charge in [-0.1, -0.05) is 19.9 Å². The molecule has 0 fully saturated rings. The molecule has 30 heavy (non-hydrogen) atoms. The number of ether oxygens (including phenoxy) is 4. The Bertz CT molecular complexity index is 805. The number of rotatable bonds is 11. The second kappa shape index (κ2) is 12.9. The molecular formula is C23H31LiO5P+. The molecule has 5 nitrogen and oxygen atoms in total. The maximum atomic E-state index is 13.2. The van der Waals surface area contributed by atoms with Gasteiger partial charge in [0.25, 0.3) is 0 Å². The van der Waals surface area contributed by atoms with Crippen molar-refractivity contribution in [1.82, 2.24) is 0 Å². The van der Waals surface area contributed by atoms with Crippen LogP contribution in [-0.2, 0) is 0 Å². The third-order valence-electron chi connectivity index (χ3n) is 4.67. The van der Waals surface area contributed by atoms with E-state index < -0.39 is 0 Å². The topological polar surface area (TPSA) is 54.0 Å². The number of hydrogen-bond acceptors (Lipinski definition) is 5. The zero-order valence-electron chi connectivity index (χ0n) is 19.1. The molecule has 0 radical (unpaired) electrons. The van der Waals surface area contributed by atoms with Crippen molar-refractivity contribution >= 4 is 19.4 Å². The van der Waals surface area contributed by atoms with E-state index in [1.54, 1.807) is 32.4 Å². The Labute approximate surface area is 193 Å². The van der Waals surface area contributed by atoms with Crippen molar-refractivity contribution in [2.45, 2.75) is 52.7 Å². The average Bonchev–Trinajstić information content (AvgIpc) is 2.74. The van der Waals surface area contributed by atoms with Crippen LogP contribution in [0.1, 0.15) is 50.9 Å². The SMILES string of the molecule is CCC(C)Oc1ccc(PC(=O)c2c(OC)cccc2OC)c(OC(C)CC)c1.[Li+]. The molecule has 0 aliphatic heterocycles. The van der Waals surface area contributed by atoms with E-state index in [1.165, 1.54) is 0 Å². The fraction of sp³-hybridized carbons (Fsp3) is 0.435. The first kappa shape index (κ1) is 26.4. The zero-order chi connectivity index (χ0) is 21.4. The molecule has 0 aliphatic rings. The van der Waals surface area contributed by atoms with Gasteiger partial charge in [-0.3, -0.25) is 4.79 Å². The molecule has 0 N–H and O–H groups in total. The number of carbonyl (C=O) groups excluding carboxylic acids is 1. The molecule has 7 heteroatoms. The standard InChI is InChI=1S/C23H31O5P.Li/c1-7-15(3)27-17-12-13-21(20(14-17)28-16(4)8-2)29-23(24)22-18(25-5)10-9-11-19(22)26-6;/h9-16,29H,7-8H2,1-6H3;/q;+1. The third-order valence-corrected chi connectivity index (χ3v) is 5.83. The maximum Gasteiger partial charge on any atom is 1.00 e. The Kier molecular flexibility index (Phi) is 11.3. The van der Waals surface area contributed by atoms with Crippen molar-refractivity contribution < 1.29 is 42.6 Å². The van der Waals surface area contributed by atoms with Crippen LogP contribution in [-0.4, -0.2) is 32.0 Å². The van der Waals surface area contributed by atoms with Crippen molar-refractivity contribution in [1.29, 1.82) is 0 Å². The smallest absolute Gasteiger partial charge is 0.496 e. The minimum absolute atomic E-state index is 0. The van der Waals surface area contributed by atoms with Crippen molar-refractivity contribution in [3.05, 3.63) is 42.0 Å². The molecule has 0 aliphatic carbocycles. The van der Waals surface area contributed by atoms with Crippen molar-refractivity contribution in [2.24, 2.45) is 0 Å². The third kappa shape index (κ3) is 6.95. The fourth-order valence-corrected chi connectivity index (χ4v) is 3.69. The fourth-order valence-electron chi connectivity index (χ4n) is 2.65. The van der Waals surface area contributed by atoms with Crippen LogP contribution in [0, 0.1) is 0 Å². The van der Waals surface area contributed by atoms with E-state index in [1.807, 2.05) is 32.0 Å². The summed E-state index contributed by atoms with van der Waals surface area (Å²) in [4.78, 5) is 13.2. The number of methoxy groups -OCH3 is 2. The first-order valence-corrected chi connectivity index (χ1v) is 10.9. The molecule has 0 aromatic heterocycles. The van der Waals surface area contributed by atoms with Gasteiger partial charge in [0.2, 0.25) is 0 Å². The average molecular weight is 425 g/mol. The summed E-state index contributed by atoms with van der Waals surface area (Å²) in [5.41, 5.74) is 0.383. The van der Waals surface area contributed by atoms with Gasteiger partial charge in [0.15, 0.2) is 5.52 Å². The minimum Gasteiger partial charge on any atom is -0.496 e. The van der Waals surface area contributed by atoms with Crippen LogP contribution in [0.3, 0.4) is 0 Å². The Hall–Kier alpha value is -1.66. The van der Waals surface area contributed by atoms with Crippen molar-refractivity contribution in [3.8, 4) is 23.0 Å². The van der Waals surface area contributed by atoms with Crippen LogP contribution < -0.4 is 43.1 Å². The molecule has 0 saturated heterocycles. The molecule has 0 amide bonds. The molecule has 2 aromatic rings. The molecule has 158 valence electrons. The predicted molar refractivity (Wildman–Crippen MR) is 119 cm³/mol. The van der Waals surface area contributed by atoms with E-state index >= 15 is 0 Å². The zero-order valence-corrected chi connectivity index (χ0v) is 20.1. The van der Waals surface area contributed by atoms with Crippen LogP contribution in [0.15, 0.2) is 36.4 Å². The first-order valence-electron chi connectivity index (χ1n) is 9.93. The monoisotopic (exact) mass is 425 g/mol. The summed E-state index contributed by atoms with van der Waals surface area (Å²) in [7, 11) is 2.96. The van der Waals surface area contributed by atoms with E-state index in [2.05, 4.69) is 13.8 Å². The van der Waals surface area contributed by atoms with Gasteiger partial charge in [-0.15, -0.1) is 0 Å². The Morgan fingerprint density at radius 2 is 1.47 bits per heavy atom. The van der Waals surface area contributed by atoms with Crippen LogP contribution in [0.5, 0.6) is 23.0 Å². The quantitative estimate of drug-likeness (QED) is 0.408. The normalized spacial score (nSPS) is 12.7. The van der Waals surface area contributed by atoms with Crippen molar-refractivity contribution in [3.63, 3.8) is 0 Å². The van der Waals surface area contributed by atoms with E-state index in [0.29, 0.717) is 22.8 Å². The predicted octanol–water partition coefficient (Wildman–Crippen LogP) is 2.21. The van der Waals surface area contributed by atoms with Gasteiger partial charge in [0.1, 0.15) is 28.6 Å². The van der Waals surface area contributed by atoms with Gasteiger partial charge in [0.05, 0.1) is 26.4 Å². The molecule has 0 spiro atoms. The molecule has 0 heterocycles. The summed E-state index contributed by atoms with van der Waals surface area (Å²) in [5.74, 6) is 2.43. The van der Waals surface area contributed by atoms with Gasteiger partial charge in [-0.2, -0.15) is 0 Å². The maximum absolute atomic E-state index is 13.2. The summed E-state index contributed by atoms with van der Waals surface area (Å²) >= 11 is 0. The van der Waals surface area contributed by atoms with Gasteiger partial charge in [-0.25, -0.2) is 0 Å². The van der Waals surface area contributed by atoms with Gasteiger partial charge in [0, 0.05) is 11.4 Å². The van der Waals surface area contributed by atoms with E-state index in [9.17, 15) is 4.79 Å². The summed E-state index contributed by atoms with van der Waals surface area (Å²) in [6.07, 6.45) is 1.93. The molecule has 3 unspecified atom stereocenters. The van der Waals surface area contributed by atoms with Crippen LogP contribution in [0.4, 0.5) is 0 Å². The molecule has 0 saturated carbocycles. The van der Waals surface area contributed by atoms with Crippen LogP contribution in [0.2, 0.25) is 0 Å². The van der Waals surface area contributed by atoms with E-state index in [-0.39, 0.29) is 45.2 Å². The number of benzene rings is 2. The van der Waals surface area contributed by atoms with Gasteiger partial charge in [-0.05, 0) is 59.5 Å². The molecule has 3 atom stereocenters. The first-order chi connectivity index (χ1) is 13.9. The van der Waals surface area contributed by atoms with Gasteiger partial charge < -0.3 is 18.9 Å². The van der Waals surface area contributed by atoms with E-state index in [0.717, 1.165) is 23.9 Å². The molecule has 2 rings (SSSR count). The molecule has 0 bridgehead atoms.